The summed E-state index contributed by atoms with van der Waals surface area (Å²) < 4.78 is 16.7. The van der Waals surface area contributed by atoms with Crippen molar-refractivity contribution < 1.29 is 23.8 Å². The van der Waals surface area contributed by atoms with Crippen LogP contribution in [0.25, 0.3) is 0 Å². The Morgan fingerprint density at radius 1 is 1.17 bits per heavy atom. The summed E-state index contributed by atoms with van der Waals surface area (Å²) in [4.78, 5) is 26.8. The van der Waals surface area contributed by atoms with Crippen LogP contribution in [0.5, 0.6) is 11.5 Å². The zero-order chi connectivity index (χ0) is 21.6. The van der Waals surface area contributed by atoms with Crippen LogP contribution in [-0.4, -0.2) is 45.8 Å². The zero-order valence-corrected chi connectivity index (χ0v) is 18.7. The van der Waals surface area contributed by atoms with Crippen molar-refractivity contribution in [3.63, 3.8) is 0 Å². The molecule has 0 aliphatic carbocycles. The number of hydrogen-bond acceptors (Lipinski definition) is 6. The largest absolute Gasteiger partial charge is 0.493 e. The predicted octanol–water partition coefficient (Wildman–Crippen LogP) is 4.11. The van der Waals surface area contributed by atoms with E-state index in [1.807, 2.05) is 38.1 Å². The lowest BCUT2D eigenvalue weighted by Gasteiger charge is -2.16. The molecule has 1 unspecified atom stereocenters. The molecule has 2 aromatic carbocycles. The van der Waals surface area contributed by atoms with Gasteiger partial charge in [-0.05, 0) is 66.2 Å². The molecule has 0 aromatic heterocycles. The summed E-state index contributed by atoms with van der Waals surface area (Å²) in [6, 6.07) is 10.4. The third-order valence-corrected chi connectivity index (χ3v) is 4.65. The van der Waals surface area contributed by atoms with Crippen molar-refractivity contribution in [1.29, 1.82) is 0 Å². The Labute approximate surface area is 179 Å². The van der Waals surface area contributed by atoms with E-state index in [0.29, 0.717) is 28.3 Å². The first-order chi connectivity index (χ1) is 13.8. The van der Waals surface area contributed by atoms with Gasteiger partial charge in [-0.1, -0.05) is 0 Å². The van der Waals surface area contributed by atoms with E-state index in [1.54, 1.807) is 18.2 Å². The zero-order valence-electron chi connectivity index (χ0n) is 17.1. The first-order valence-corrected chi connectivity index (χ1v) is 9.85. The molecule has 1 atom stereocenters. The van der Waals surface area contributed by atoms with Crippen LogP contribution in [-0.2, 0) is 9.53 Å². The van der Waals surface area contributed by atoms with Gasteiger partial charge in [0.15, 0.2) is 17.6 Å². The van der Waals surface area contributed by atoms with Gasteiger partial charge in [0.2, 0.25) is 0 Å². The number of hydrogen-bond donors (Lipinski definition) is 1. The van der Waals surface area contributed by atoms with Gasteiger partial charge in [0.05, 0.1) is 23.8 Å². The van der Waals surface area contributed by atoms with Crippen molar-refractivity contribution in [3.05, 3.63) is 46.4 Å². The molecule has 7 nitrogen and oxygen atoms in total. The van der Waals surface area contributed by atoms with Crippen molar-refractivity contribution in [3.8, 4) is 11.5 Å². The van der Waals surface area contributed by atoms with Crippen molar-refractivity contribution in [2.45, 2.75) is 20.0 Å². The van der Waals surface area contributed by atoms with Gasteiger partial charge in [-0.25, -0.2) is 4.79 Å². The van der Waals surface area contributed by atoms with Crippen LogP contribution in [0.2, 0.25) is 0 Å². The highest BCUT2D eigenvalue weighted by Crippen LogP contribution is 2.36. The van der Waals surface area contributed by atoms with Gasteiger partial charge in [0.1, 0.15) is 0 Å². The minimum atomic E-state index is -0.979. The fourth-order valence-electron chi connectivity index (χ4n) is 2.49. The van der Waals surface area contributed by atoms with Crippen molar-refractivity contribution in [2.75, 3.05) is 38.0 Å². The molecule has 2 rings (SSSR count). The third kappa shape index (κ3) is 5.87. The van der Waals surface area contributed by atoms with E-state index < -0.39 is 18.0 Å². The number of nitrogens with one attached hydrogen (secondary N) is 1. The molecular weight excluding hydrogens is 440 g/mol. The number of amides is 1. The number of nitrogens with zero attached hydrogens (tertiary/aromatic N) is 1. The summed E-state index contributed by atoms with van der Waals surface area (Å²) >= 11 is 3.37. The summed E-state index contributed by atoms with van der Waals surface area (Å²) in [5.74, 6) is -0.171. The van der Waals surface area contributed by atoms with Crippen molar-refractivity contribution >= 4 is 39.2 Å². The van der Waals surface area contributed by atoms with Gasteiger partial charge in [0.25, 0.3) is 5.91 Å². The second-order valence-corrected chi connectivity index (χ2v) is 7.25. The Morgan fingerprint density at radius 3 is 2.38 bits per heavy atom. The summed E-state index contributed by atoms with van der Waals surface area (Å²) in [6.07, 6.45) is -0.979. The summed E-state index contributed by atoms with van der Waals surface area (Å²) in [5.41, 5.74) is 1.87. The highest BCUT2D eigenvalue weighted by atomic mass is 79.9. The molecule has 0 aliphatic heterocycles. The van der Waals surface area contributed by atoms with E-state index in [4.69, 9.17) is 14.2 Å². The summed E-state index contributed by atoms with van der Waals surface area (Å²) in [5, 5.41) is 2.74. The number of carbonyl (C=O) groups is 2. The Kier molecular flexibility index (Phi) is 7.90. The topological polar surface area (TPSA) is 77.1 Å². The van der Waals surface area contributed by atoms with Gasteiger partial charge in [-0.15, -0.1) is 0 Å². The van der Waals surface area contributed by atoms with Crippen LogP contribution in [0.4, 0.5) is 11.4 Å². The molecule has 0 saturated carbocycles. The van der Waals surface area contributed by atoms with E-state index in [1.165, 1.54) is 20.1 Å². The summed E-state index contributed by atoms with van der Waals surface area (Å²) in [7, 11) is 5.35. The smallest absolute Gasteiger partial charge is 0.339 e. The molecule has 0 radical (unpaired) electrons. The van der Waals surface area contributed by atoms with E-state index >= 15 is 0 Å². The van der Waals surface area contributed by atoms with E-state index in [-0.39, 0.29) is 5.56 Å². The Balaban J connectivity index is 2.05. The molecule has 0 heterocycles. The lowest BCUT2D eigenvalue weighted by molar-refractivity contribution is -0.123. The normalized spacial score (nSPS) is 11.4. The van der Waals surface area contributed by atoms with Crippen LogP contribution in [0.3, 0.4) is 0 Å². The number of ether oxygens (including phenoxy) is 3. The van der Waals surface area contributed by atoms with Crippen LogP contribution >= 0.6 is 15.9 Å². The lowest BCUT2D eigenvalue weighted by atomic mass is 10.2. The maximum atomic E-state index is 12.5. The van der Waals surface area contributed by atoms with Crippen LogP contribution in [0, 0.1) is 0 Å². The Bertz CT molecular complexity index is 868. The van der Waals surface area contributed by atoms with E-state index in [0.717, 1.165) is 5.69 Å². The fraction of sp³-hybridized carbons (Fsp3) is 0.333. The predicted molar refractivity (Wildman–Crippen MR) is 116 cm³/mol. The van der Waals surface area contributed by atoms with Gasteiger partial charge in [-0.2, -0.15) is 0 Å². The quantitative estimate of drug-likeness (QED) is 0.592. The molecule has 8 heteroatoms. The molecule has 0 fully saturated rings. The third-order valence-electron chi connectivity index (χ3n) is 4.06. The molecule has 2 aromatic rings. The van der Waals surface area contributed by atoms with Crippen LogP contribution in [0.1, 0.15) is 24.2 Å². The average molecular weight is 465 g/mol. The number of benzene rings is 2. The number of methoxy groups -OCH3 is 1. The number of anilines is 2. The Hall–Kier alpha value is -2.74. The van der Waals surface area contributed by atoms with E-state index in [9.17, 15) is 9.59 Å². The molecule has 1 N–H and O–H groups in total. The minimum absolute atomic E-state index is 0.243. The fourth-order valence-corrected chi connectivity index (χ4v) is 3.05. The molecule has 0 saturated heterocycles. The SMILES string of the molecule is CCOc1c(Br)cc(C(=O)OC(C)C(=O)Nc2ccc(N(C)C)cc2)cc1OC. The monoisotopic (exact) mass is 464 g/mol. The maximum Gasteiger partial charge on any atom is 0.339 e. The van der Waals surface area contributed by atoms with Crippen molar-refractivity contribution in [1.82, 2.24) is 0 Å². The van der Waals surface area contributed by atoms with Crippen molar-refractivity contribution in [2.24, 2.45) is 0 Å². The standard InChI is InChI=1S/C21H25BrN2O5/c1-6-28-19-17(22)11-14(12-18(19)27-5)21(26)29-13(2)20(25)23-15-7-9-16(10-8-15)24(3)4/h7-13H,6H2,1-5H3,(H,23,25). The number of rotatable bonds is 8. The second kappa shape index (κ2) is 10.2. The second-order valence-electron chi connectivity index (χ2n) is 6.40. The van der Waals surface area contributed by atoms with Crippen LogP contribution < -0.4 is 19.7 Å². The van der Waals surface area contributed by atoms with Gasteiger partial charge < -0.3 is 24.4 Å². The highest BCUT2D eigenvalue weighted by Gasteiger charge is 2.22. The average Bonchev–Trinajstić information content (AvgIpc) is 2.69. The van der Waals surface area contributed by atoms with Gasteiger partial charge in [0, 0.05) is 25.5 Å². The van der Waals surface area contributed by atoms with Gasteiger partial charge >= 0.3 is 5.97 Å². The molecule has 156 valence electrons. The molecular formula is C21H25BrN2O5. The molecule has 0 spiro atoms. The maximum absolute atomic E-state index is 12.5. The Morgan fingerprint density at radius 2 is 1.83 bits per heavy atom. The minimum Gasteiger partial charge on any atom is -0.493 e. The number of esters is 1. The number of halogens is 1. The van der Waals surface area contributed by atoms with E-state index in [2.05, 4.69) is 21.2 Å². The first-order valence-electron chi connectivity index (χ1n) is 9.06. The molecule has 1 amide bonds. The lowest BCUT2D eigenvalue weighted by Crippen LogP contribution is -2.30. The molecule has 0 aliphatic rings. The molecule has 0 bridgehead atoms. The van der Waals surface area contributed by atoms with Gasteiger partial charge in [-0.3, -0.25) is 4.79 Å². The summed E-state index contributed by atoms with van der Waals surface area (Å²) in [6.45, 7) is 3.82. The highest BCUT2D eigenvalue weighted by molar-refractivity contribution is 9.10. The first kappa shape index (κ1) is 22.5. The number of carbonyl (C=O) groups excluding carboxylic acids is 2. The molecule has 29 heavy (non-hydrogen) atoms. The van der Waals surface area contributed by atoms with Crippen LogP contribution in [0.15, 0.2) is 40.9 Å².